The third kappa shape index (κ3) is 7.47. The van der Waals surface area contributed by atoms with E-state index >= 15 is 0 Å². The van der Waals surface area contributed by atoms with Gasteiger partial charge in [-0.3, -0.25) is 13.9 Å². The molecule has 0 bridgehead atoms. The summed E-state index contributed by atoms with van der Waals surface area (Å²) in [4.78, 5) is 28.6. The van der Waals surface area contributed by atoms with Crippen molar-refractivity contribution in [2.24, 2.45) is 0 Å². The highest BCUT2D eigenvalue weighted by Gasteiger charge is 2.34. The van der Waals surface area contributed by atoms with E-state index in [4.69, 9.17) is 27.9 Å². The van der Waals surface area contributed by atoms with Crippen molar-refractivity contribution in [2.75, 3.05) is 24.5 Å². The first kappa shape index (κ1) is 31.3. The van der Waals surface area contributed by atoms with E-state index in [-0.39, 0.29) is 29.5 Å². The molecule has 0 radical (unpaired) electrons. The minimum Gasteiger partial charge on any atom is -0.497 e. The van der Waals surface area contributed by atoms with Crippen molar-refractivity contribution in [3.63, 3.8) is 0 Å². The van der Waals surface area contributed by atoms with Crippen LogP contribution in [0.15, 0.2) is 77.7 Å². The Kier molecular flexibility index (Phi) is 11.2. The molecule has 0 unspecified atom stereocenters. The third-order valence-electron chi connectivity index (χ3n) is 6.28. The maximum absolute atomic E-state index is 14.1. The van der Waals surface area contributed by atoms with Gasteiger partial charge in [-0.2, -0.15) is 0 Å². The van der Waals surface area contributed by atoms with E-state index in [1.54, 1.807) is 61.5 Å². The Morgan fingerprint density at radius 3 is 2.20 bits per heavy atom. The molecule has 1 N–H and O–H groups in total. The Morgan fingerprint density at radius 1 is 0.950 bits per heavy atom. The zero-order valence-corrected chi connectivity index (χ0v) is 25.0. The molecular weight excluding hydrogens is 573 g/mol. The zero-order valence-electron chi connectivity index (χ0n) is 22.6. The summed E-state index contributed by atoms with van der Waals surface area (Å²) in [7, 11) is -2.72. The maximum Gasteiger partial charge on any atom is 0.264 e. The highest BCUT2D eigenvalue weighted by atomic mass is 35.5. The van der Waals surface area contributed by atoms with Crippen LogP contribution in [-0.4, -0.2) is 51.4 Å². The zero-order chi connectivity index (χ0) is 29.3. The lowest BCUT2D eigenvalue weighted by atomic mass is 10.1. The van der Waals surface area contributed by atoms with Crippen molar-refractivity contribution < 1.29 is 22.7 Å². The van der Waals surface area contributed by atoms with Crippen LogP contribution in [0.5, 0.6) is 5.75 Å². The normalized spacial score (nSPS) is 11.9. The molecule has 40 heavy (non-hydrogen) atoms. The van der Waals surface area contributed by atoms with E-state index in [0.717, 1.165) is 4.31 Å². The van der Waals surface area contributed by atoms with Crippen LogP contribution >= 0.6 is 23.2 Å². The average molecular weight is 607 g/mol. The summed E-state index contributed by atoms with van der Waals surface area (Å²) in [6.45, 7) is 3.47. The summed E-state index contributed by atoms with van der Waals surface area (Å²) in [6.07, 6.45) is 0.999. The molecule has 0 saturated carbocycles. The predicted octanol–water partition coefficient (Wildman–Crippen LogP) is 5.53. The second-order valence-electron chi connectivity index (χ2n) is 8.96. The lowest BCUT2D eigenvalue weighted by Crippen LogP contribution is -2.52. The van der Waals surface area contributed by atoms with E-state index in [0.29, 0.717) is 34.3 Å². The van der Waals surface area contributed by atoms with E-state index in [9.17, 15) is 18.0 Å². The van der Waals surface area contributed by atoms with Crippen molar-refractivity contribution in [3.8, 4) is 5.75 Å². The number of benzene rings is 3. The number of ether oxygens (including phenoxy) is 1. The van der Waals surface area contributed by atoms with Gasteiger partial charge in [0, 0.05) is 34.8 Å². The minimum atomic E-state index is -4.19. The first-order valence-electron chi connectivity index (χ1n) is 12.9. The smallest absolute Gasteiger partial charge is 0.264 e. The summed E-state index contributed by atoms with van der Waals surface area (Å²) in [5.41, 5.74) is 0.690. The summed E-state index contributed by atoms with van der Waals surface area (Å²) in [5, 5.41) is 3.50. The van der Waals surface area contributed by atoms with Gasteiger partial charge in [-0.05, 0) is 49.2 Å². The molecule has 0 fully saturated rings. The van der Waals surface area contributed by atoms with Crippen molar-refractivity contribution in [1.82, 2.24) is 10.2 Å². The Morgan fingerprint density at radius 2 is 1.60 bits per heavy atom. The van der Waals surface area contributed by atoms with E-state index in [1.807, 2.05) is 6.92 Å². The standard InChI is InChI=1S/C29H33Cl2N3O5S/c1-4-17-32-29(36)27(5-2)33(19-24-25(30)15-10-16-26(24)31)28(35)20-34(21-11-9-12-22(18-21)39-3)40(37,38)23-13-7-6-8-14-23/h6-16,18,27H,4-5,17,19-20H2,1-3H3,(H,32,36)/t27-/m0/s1. The second kappa shape index (κ2) is 14.4. The first-order valence-corrected chi connectivity index (χ1v) is 15.1. The molecule has 0 heterocycles. The number of carbonyl (C=O) groups excluding carboxylic acids is 2. The van der Waals surface area contributed by atoms with Gasteiger partial charge in [0.2, 0.25) is 11.8 Å². The molecule has 2 amide bonds. The van der Waals surface area contributed by atoms with Crippen LogP contribution in [-0.2, 0) is 26.2 Å². The Balaban J connectivity index is 2.10. The SMILES string of the molecule is CCCNC(=O)[C@H](CC)N(Cc1c(Cl)cccc1Cl)C(=O)CN(c1cccc(OC)c1)S(=O)(=O)c1ccccc1. The number of amides is 2. The number of hydrogen-bond donors (Lipinski definition) is 1. The van der Waals surface area contributed by atoms with Crippen molar-refractivity contribution in [3.05, 3.63) is 88.4 Å². The molecule has 214 valence electrons. The highest BCUT2D eigenvalue weighted by molar-refractivity contribution is 7.92. The number of methoxy groups -OCH3 is 1. The molecule has 1 atom stereocenters. The van der Waals surface area contributed by atoms with Crippen LogP contribution in [0.25, 0.3) is 0 Å². The molecule has 0 aliphatic rings. The Bertz CT molecular complexity index is 1400. The van der Waals surface area contributed by atoms with Crippen molar-refractivity contribution in [2.45, 2.75) is 44.2 Å². The van der Waals surface area contributed by atoms with Crippen LogP contribution in [0, 0.1) is 0 Å². The molecule has 3 aromatic rings. The lowest BCUT2D eigenvalue weighted by Gasteiger charge is -2.33. The highest BCUT2D eigenvalue weighted by Crippen LogP contribution is 2.30. The minimum absolute atomic E-state index is 0.0130. The van der Waals surface area contributed by atoms with Gasteiger partial charge in [-0.15, -0.1) is 0 Å². The molecule has 0 aliphatic carbocycles. The number of nitrogens with one attached hydrogen (secondary N) is 1. The monoisotopic (exact) mass is 605 g/mol. The maximum atomic E-state index is 14.1. The van der Waals surface area contributed by atoms with Crippen LogP contribution < -0.4 is 14.4 Å². The van der Waals surface area contributed by atoms with Crippen LogP contribution in [0.1, 0.15) is 32.3 Å². The molecule has 8 nitrogen and oxygen atoms in total. The molecule has 11 heteroatoms. The largest absolute Gasteiger partial charge is 0.497 e. The molecule has 0 aromatic heterocycles. The number of halogens is 2. The number of nitrogens with zero attached hydrogens (tertiary/aromatic N) is 2. The summed E-state index contributed by atoms with van der Waals surface area (Å²) in [5.74, 6) is -0.528. The fourth-order valence-corrected chi connectivity index (χ4v) is 6.10. The summed E-state index contributed by atoms with van der Waals surface area (Å²) < 4.78 is 34.1. The van der Waals surface area contributed by atoms with Gasteiger partial charge in [0.05, 0.1) is 17.7 Å². The molecule has 3 aromatic carbocycles. The van der Waals surface area contributed by atoms with Crippen molar-refractivity contribution in [1.29, 1.82) is 0 Å². The van der Waals surface area contributed by atoms with Gasteiger partial charge in [0.1, 0.15) is 18.3 Å². The van der Waals surface area contributed by atoms with Gasteiger partial charge in [-0.25, -0.2) is 8.42 Å². The van der Waals surface area contributed by atoms with E-state index < -0.39 is 28.5 Å². The molecule has 0 saturated heterocycles. The van der Waals surface area contributed by atoms with E-state index in [1.165, 1.54) is 30.2 Å². The summed E-state index contributed by atoms with van der Waals surface area (Å²) >= 11 is 12.9. The van der Waals surface area contributed by atoms with Gasteiger partial charge < -0.3 is 15.0 Å². The van der Waals surface area contributed by atoms with Crippen molar-refractivity contribution >= 4 is 50.7 Å². The molecule has 0 aliphatic heterocycles. The number of hydrogen-bond acceptors (Lipinski definition) is 5. The summed E-state index contributed by atoms with van der Waals surface area (Å²) in [6, 6.07) is 18.4. The average Bonchev–Trinajstić information content (AvgIpc) is 2.96. The van der Waals surface area contributed by atoms with Crippen LogP contribution in [0.2, 0.25) is 10.0 Å². The Hall–Kier alpha value is -3.27. The number of carbonyl (C=O) groups is 2. The predicted molar refractivity (Wildman–Crippen MR) is 158 cm³/mol. The second-order valence-corrected chi connectivity index (χ2v) is 11.6. The molecule has 0 spiro atoms. The number of sulfonamides is 1. The fraction of sp³-hybridized carbons (Fsp3) is 0.310. The lowest BCUT2D eigenvalue weighted by molar-refractivity contribution is -0.140. The van der Waals surface area contributed by atoms with Crippen LogP contribution in [0.3, 0.4) is 0 Å². The van der Waals surface area contributed by atoms with Crippen LogP contribution in [0.4, 0.5) is 5.69 Å². The Labute approximate surface area is 245 Å². The van der Waals surface area contributed by atoms with E-state index in [2.05, 4.69) is 5.32 Å². The van der Waals surface area contributed by atoms with Gasteiger partial charge in [0.15, 0.2) is 0 Å². The van der Waals surface area contributed by atoms with Gasteiger partial charge >= 0.3 is 0 Å². The molecular formula is C29H33Cl2N3O5S. The quantitative estimate of drug-likeness (QED) is 0.276. The third-order valence-corrected chi connectivity index (χ3v) is 8.77. The number of rotatable bonds is 13. The fourth-order valence-electron chi connectivity index (χ4n) is 4.15. The molecule has 3 rings (SSSR count). The van der Waals surface area contributed by atoms with Gasteiger partial charge in [0.25, 0.3) is 10.0 Å². The first-order chi connectivity index (χ1) is 19.1. The number of anilines is 1. The van der Waals surface area contributed by atoms with Gasteiger partial charge in [-0.1, -0.05) is 67.4 Å². The topological polar surface area (TPSA) is 96.0 Å².